The highest BCUT2D eigenvalue weighted by molar-refractivity contribution is 7.88. The number of fused-ring (bicyclic) bond motifs is 1. The Hall–Kier alpha value is -1.86. The lowest BCUT2D eigenvalue weighted by molar-refractivity contribution is 0.415. The van der Waals surface area contributed by atoms with Gasteiger partial charge in [-0.2, -0.15) is 0 Å². The highest BCUT2D eigenvalue weighted by Crippen LogP contribution is 2.24. The molecule has 0 bridgehead atoms. The Labute approximate surface area is 136 Å². The molecule has 2 aromatic rings. The van der Waals surface area contributed by atoms with Crippen molar-refractivity contribution < 1.29 is 13.2 Å². The highest BCUT2D eigenvalue weighted by Gasteiger charge is 2.22. The molecule has 1 fully saturated rings. The fourth-order valence-corrected chi connectivity index (χ4v) is 3.77. The summed E-state index contributed by atoms with van der Waals surface area (Å²) in [6.07, 6.45) is 2.78. The molecule has 0 atom stereocenters. The van der Waals surface area contributed by atoms with Crippen LogP contribution in [0.5, 0.6) is 5.75 Å². The van der Waals surface area contributed by atoms with Gasteiger partial charge in [0.15, 0.2) is 0 Å². The predicted octanol–water partition coefficient (Wildman–Crippen LogP) is 1.76. The summed E-state index contributed by atoms with van der Waals surface area (Å²) in [6.45, 7) is 1.59. The topological polar surface area (TPSA) is 71.5 Å². The zero-order chi connectivity index (χ0) is 16.4. The van der Waals surface area contributed by atoms with E-state index in [1.165, 1.54) is 6.26 Å². The van der Waals surface area contributed by atoms with Crippen molar-refractivity contribution in [1.29, 1.82) is 0 Å². The van der Waals surface area contributed by atoms with Crippen LogP contribution in [0, 0.1) is 0 Å². The highest BCUT2D eigenvalue weighted by atomic mass is 32.2. The van der Waals surface area contributed by atoms with Crippen molar-refractivity contribution in [2.45, 2.75) is 18.9 Å². The smallest absolute Gasteiger partial charge is 0.208 e. The number of pyridine rings is 1. The summed E-state index contributed by atoms with van der Waals surface area (Å²) in [6, 6.07) is 9.89. The minimum atomic E-state index is -3.14. The molecule has 1 aliphatic heterocycles. The molecule has 23 heavy (non-hydrogen) atoms. The van der Waals surface area contributed by atoms with Gasteiger partial charge in [0.25, 0.3) is 0 Å². The SMILES string of the molecule is COc1ccc2nc(N3CCC(NS(C)(=O)=O)CC3)ccc2c1. The van der Waals surface area contributed by atoms with Gasteiger partial charge in [0.05, 0.1) is 18.9 Å². The van der Waals surface area contributed by atoms with Gasteiger partial charge in [0, 0.05) is 24.5 Å². The van der Waals surface area contributed by atoms with Crippen molar-refractivity contribution in [3.8, 4) is 5.75 Å². The van der Waals surface area contributed by atoms with Gasteiger partial charge in [0.1, 0.15) is 11.6 Å². The van der Waals surface area contributed by atoms with Crippen molar-refractivity contribution in [2.75, 3.05) is 31.4 Å². The van der Waals surface area contributed by atoms with Crippen LogP contribution in [0.1, 0.15) is 12.8 Å². The molecule has 3 rings (SSSR count). The first-order chi connectivity index (χ1) is 10.9. The number of methoxy groups -OCH3 is 1. The molecule has 7 heteroatoms. The molecule has 0 saturated carbocycles. The summed E-state index contributed by atoms with van der Waals surface area (Å²) in [4.78, 5) is 6.90. The van der Waals surface area contributed by atoms with Crippen LogP contribution >= 0.6 is 0 Å². The first-order valence-electron chi connectivity index (χ1n) is 7.62. The van der Waals surface area contributed by atoms with Crippen molar-refractivity contribution in [3.63, 3.8) is 0 Å². The van der Waals surface area contributed by atoms with Crippen LogP contribution in [0.3, 0.4) is 0 Å². The number of piperidine rings is 1. The maximum atomic E-state index is 11.3. The van der Waals surface area contributed by atoms with E-state index in [2.05, 4.69) is 9.62 Å². The molecule has 0 amide bonds. The summed E-state index contributed by atoms with van der Waals surface area (Å²) in [5.74, 6) is 1.75. The number of nitrogens with zero attached hydrogens (tertiary/aromatic N) is 2. The minimum Gasteiger partial charge on any atom is -0.497 e. The summed E-state index contributed by atoms with van der Waals surface area (Å²) in [7, 11) is -1.49. The third kappa shape index (κ3) is 3.92. The maximum Gasteiger partial charge on any atom is 0.208 e. The van der Waals surface area contributed by atoms with Crippen LogP contribution in [0.2, 0.25) is 0 Å². The Balaban J connectivity index is 1.72. The molecule has 2 heterocycles. The fraction of sp³-hybridized carbons (Fsp3) is 0.438. The Morgan fingerprint density at radius 3 is 2.61 bits per heavy atom. The average molecular weight is 335 g/mol. The second-order valence-electron chi connectivity index (χ2n) is 5.88. The van der Waals surface area contributed by atoms with E-state index in [1.807, 2.05) is 30.3 Å². The van der Waals surface area contributed by atoms with E-state index in [9.17, 15) is 8.42 Å². The van der Waals surface area contributed by atoms with Gasteiger partial charge in [-0.15, -0.1) is 0 Å². The molecule has 0 radical (unpaired) electrons. The van der Waals surface area contributed by atoms with E-state index < -0.39 is 10.0 Å². The Bertz CT molecular complexity index is 799. The number of ether oxygens (including phenoxy) is 1. The summed E-state index contributed by atoms with van der Waals surface area (Å²) in [5, 5.41) is 1.04. The number of sulfonamides is 1. The van der Waals surface area contributed by atoms with Crippen molar-refractivity contribution >= 4 is 26.7 Å². The van der Waals surface area contributed by atoms with Gasteiger partial charge in [-0.3, -0.25) is 0 Å². The number of rotatable bonds is 4. The first-order valence-corrected chi connectivity index (χ1v) is 9.51. The van der Waals surface area contributed by atoms with Crippen molar-refractivity contribution in [3.05, 3.63) is 30.3 Å². The van der Waals surface area contributed by atoms with Gasteiger partial charge >= 0.3 is 0 Å². The van der Waals surface area contributed by atoms with Crippen LogP contribution < -0.4 is 14.4 Å². The maximum absolute atomic E-state index is 11.3. The van der Waals surface area contributed by atoms with Gasteiger partial charge in [-0.05, 0) is 43.2 Å². The molecule has 0 aliphatic carbocycles. The second-order valence-corrected chi connectivity index (χ2v) is 7.66. The quantitative estimate of drug-likeness (QED) is 0.922. The van der Waals surface area contributed by atoms with Crippen molar-refractivity contribution in [1.82, 2.24) is 9.71 Å². The lowest BCUT2D eigenvalue weighted by Crippen LogP contribution is -2.44. The molecule has 0 unspecified atom stereocenters. The van der Waals surface area contributed by atoms with Crippen LogP contribution in [0.4, 0.5) is 5.82 Å². The molecule has 1 N–H and O–H groups in total. The summed E-state index contributed by atoms with van der Waals surface area (Å²) >= 11 is 0. The fourth-order valence-electron chi connectivity index (χ4n) is 2.93. The van der Waals surface area contributed by atoms with Crippen LogP contribution in [0.25, 0.3) is 10.9 Å². The lowest BCUT2D eigenvalue weighted by atomic mass is 10.1. The van der Waals surface area contributed by atoms with E-state index in [4.69, 9.17) is 9.72 Å². The van der Waals surface area contributed by atoms with E-state index in [-0.39, 0.29) is 6.04 Å². The van der Waals surface area contributed by atoms with Crippen LogP contribution in [-0.2, 0) is 10.0 Å². The van der Waals surface area contributed by atoms with E-state index in [0.29, 0.717) is 0 Å². The first kappa shape index (κ1) is 16.0. The molecule has 0 spiro atoms. The van der Waals surface area contributed by atoms with Crippen molar-refractivity contribution in [2.24, 2.45) is 0 Å². The summed E-state index contributed by atoms with van der Waals surface area (Å²) in [5.41, 5.74) is 0.930. The lowest BCUT2D eigenvalue weighted by Gasteiger charge is -2.32. The zero-order valence-corrected chi connectivity index (χ0v) is 14.1. The van der Waals surface area contributed by atoms with Crippen LogP contribution in [-0.4, -0.2) is 45.9 Å². The molecule has 1 aromatic heterocycles. The largest absolute Gasteiger partial charge is 0.497 e. The molecule has 124 valence electrons. The molecular formula is C16H21N3O3S. The van der Waals surface area contributed by atoms with E-state index >= 15 is 0 Å². The third-order valence-corrected chi connectivity index (χ3v) is 4.84. The Morgan fingerprint density at radius 1 is 1.22 bits per heavy atom. The normalized spacial score (nSPS) is 16.7. The predicted molar refractivity (Wildman–Crippen MR) is 91.5 cm³/mol. The van der Waals surface area contributed by atoms with Gasteiger partial charge in [-0.25, -0.2) is 18.1 Å². The van der Waals surface area contributed by atoms with Gasteiger partial charge in [0.2, 0.25) is 10.0 Å². The van der Waals surface area contributed by atoms with E-state index in [1.54, 1.807) is 7.11 Å². The Kier molecular flexibility index (Phi) is 4.41. The second kappa shape index (κ2) is 6.33. The molecule has 6 nitrogen and oxygen atoms in total. The molecule has 1 aromatic carbocycles. The van der Waals surface area contributed by atoms with E-state index in [0.717, 1.165) is 48.4 Å². The number of aromatic nitrogens is 1. The number of benzene rings is 1. The number of anilines is 1. The summed E-state index contributed by atoms with van der Waals surface area (Å²) < 4.78 is 30.5. The molecular weight excluding hydrogens is 314 g/mol. The third-order valence-electron chi connectivity index (χ3n) is 4.08. The Morgan fingerprint density at radius 2 is 1.96 bits per heavy atom. The molecule has 1 saturated heterocycles. The molecule has 1 aliphatic rings. The monoisotopic (exact) mass is 335 g/mol. The number of hydrogen-bond donors (Lipinski definition) is 1. The zero-order valence-electron chi connectivity index (χ0n) is 13.3. The van der Waals surface area contributed by atoms with Crippen LogP contribution in [0.15, 0.2) is 30.3 Å². The number of hydrogen-bond acceptors (Lipinski definition) is 5. The standard InChI is InChI=1S/C16H21N3O3S/c1-22-14-4-5-15-12(11-14)3-6-16(17-15)19-9-7-13(8-10-19)18-23(2,20)21/h3-6,11,13,18H,7-10H2,1-2H3. The average Bonchev–Trinajstić information content (AvgIpc) is 2.53. The van der Waals surface area contributed by atoms with Gasteiger partial charge < -0.3 is 9.64 Å². The number of nitrogens with one attached hydrogen (secondary N) is 1. The van der Waals surface area contributed by atoms with Gasteiger partial charge in [-0.1, -0.05) is 0 Å². The minimum absolute atomic E-state index is 0.0194.